The Morgan fingerprint density at radius 3 is 2.38 bits per heavy atom. The molecule has 3 heteroatoms. The van der Waals surface area contributed by atoms with Crippen LogP contribution >= 0.6 is 0 Å². The van der Waals surface area contributed by atoms with Crippen molar-refractivity contribution in [1.82, 2.24) is 4.90 Å². The number of nitrogens with two attached hydrogens (primary N) is 1. The summed E-state index contributed by atoms with van der Waals surface area (Å²) >= 11 is 0. The Morgan fingerprint density at radius 1 is 1.46 bits per heavy atom. The van der Waals surface area contributed by atoms with Gasteiger partial charge in [0, 0.05) is 25.2 Å². The fourth-order valence-electron chi connectivity index (χ4n) is 2.24. The van der Waals surface area contributed by atoms with Gasteiger partial charge in [0.15, 0.2) is 0 Å². The number of hydrogen-bond acceptors (Lipinski definition) is 2. The number of rotatable bonds is 3. The van der Waals surface area contributed by atoms with Crippen molar-refractivity contribution in [1.29, 1.82) is 0 Å². The molecule has 0 spiro atoms. The third kappa shape index (κ3) is 2.41. The number of likely N-dealkylation sites (tertiary alicyclic amines) is 1. The molecule has 1 unspecified atom stereocenters. The zero-order valence-corrected chi connectivity index (χ0v) is 8.83. The van der Waals surface area contributed by atoms with Crippen molar-refractivity contribution in [2.75, 3.05) is 13.1 Å². The lowest BCUT2D eigenvalue weighted by Crippen LogP contribution is -2.38. The second kappa shape index (κ2) is 4.38. The van der Waals surface area contributed by atoms with E-state index in [0.717, 1.165) is 13.0 Å². The fraction of sp³-hybridized carbons (Fsp3) is 1.00. The van der Waals surface area contributed by atoms with Crippen molar-refractivity contribution in [3.05, 3.63) is 0 Å². The van der Waals surface area contributed by atoms with Gasteiger partial charge >= 0.3 is 0 Å². The zero-order chi connectivity index (χ0) is 10.0. The SMILES string of the molecule is CCC(C(C)C)N1C[C@@H](F)[C@@H](N)C1. The van der Waals surface area contributed by atoms with Gasteiger partial charge in [0.05, 0.1) is 0 Å². The Morgan fingerprint density at radius 2 is 2.08 bits per heavy atom. The van der Waals surface area contributed by atoms with Gasteiger partial charge < -0.3 is 5.73 Å². The van der Waals surface area contributed by atoms with Crippen LogP contribution in [0, 0.1) is 5.92 Å². The predicted octanol–water partition coefficient (Wildman–Crippen LogP) is 1.40. The van der Waals surface area contributed by atoms with Crippen LogP contribution in [0.3, 0.4) is 0 Å². The van der Waals surface area contributed by atoms with Crippen LogP contribution in [0.5, 0.6) is 0 Å². The number of halogens is 1. The van der Waals surface area contributed by atoms with Crippen LogP contribution in [-0.2, 0) is 0 Å². The fourth-order valence-corrected chi connectivity index (χ4v) is 2.24. The third-order valence-corrected chi connectivity index (χ3v) is 2.98. The van der Waals surface area contributed by atoms with E-state index in [-0.39, 0.29) is 6.04 Å². The first-order valence-corrected chi connectivity index (χ1v) is 5.20. The van der Waals surface area contributed by atoms with Crippen LogP contribution < -0.4 is 5.73 Å². The summed E-state index contributed by atoms with van der Waals surface area (Å²) in [5, 5.41) is 0. The van der Waals surface area contributed by atoms with E-state index in [2.05, 4.69) is 25.7 Å². The molecular weight excluding hydrogens is 167 g/mol. The van der Waals surface area contributed by atoms with Gasteiger partial charge in [-0.05, 0) is 12.3 Å². The van der Waals surface area contributed by atoms with E-state index in [9.17, 15) is 4.39 Å². The van der Waals surface area contributed by atoms with Gasteiger partial charge in [0.2, 0.25) is 0 Å². The van der Waals surface area contributed by atoms with Crippen LogP contribution in [0.1, 0.15) is 27.2 Å². The zero-order valence-electron chi connectivity index (χ0n) is 8.83. The first kappa shape index (κ1) is 10.9. The lowest BCUT2D eigenvalue weighted by Gasteiger charge is -2.29. The van der Waals surface area contributed by atoms with Gasteiger partial charge in [-0.15, -0.1) is 0 Å². The highest BCUT2D eigenvalue weighted by Gasteiger charge is 2.34. The first-order valence-electron chi connectivity index (χ1n) is 5.20. The van der Waals surface area contributed by atoms with E-state index < -0.39 is 6.17 Å². The predicted molar refractivity (Wildman–Crippen MR) is 53.4 cm³/mol. The van der Waals surface area contributed by atoms with Crippen LogP contribution in [0.4, 0.5) is 4.39 Å². The van der Waals surface area contributed by atoms with E-state index >= 15 is 0 Å². The van der Waals surface area contributed by atoms with Crippen molar-refractivity contribution in [3.63, 3.8) is 0 Å². The molecule has 0 aromatic carbocycles. The molecule has 0 saturated carbocycles. The molecule has 0 aliphatic carbocycles. The van der Waals surface area contributed by atoms with E-state index in [4.69, 9.17) is 5.73 Å². The van der Waals surface area contributed by atoms with Crippen LogP contribution in [0.25, 0.3) is 0 Å². The highest BCUT2D eigenvalue weighted by Crippen LogP contribution is 2.21. The normalized spacial score (nSPS) is 32.8. The van der Waals surface area contributed by atoms with Gasteiger partial charge in [-0.3, -0.25) is 4.90 Å². The van der Waals surface area contributed by atoms with E-state index in [1.54, 1.807) is 0 Å². The smallest absolute Gasteiger partial charge is 0.129 e. The molecule has 78 valence electrons. The van der Waals surface area contributed by atoms with Gasteiger partial charge in [-0.2, -0.15) is 0 Å². The number of nitrogens with zero attached hydrogens (tertiary/aromatic N) is 1. The number of hydrogen-bond donors (Lipinski definition) is 1. The minimum Gasteiger partial charge on any atom is -0.324 e. The standard InChI is InChI=1S/C10H21FN2/c1-4-10(7(2)3)13-5-8(11)9(12)6-13/h7-10H,4-6,12H2,1-3H3/t8-,9+,10?/m1/s1. The Balaban J connectivity index is 2.52. The summed E-state index contributed by atoms with van der Waals surface area (Å²) in [5.74, 6) is 0.586. The summed E-state index contributed by atoms with van der Waals surface area (Å²) in [6.07, 6.45) is 0.254. The van der Waals surface area contributed by atoms with Crippen molar-refractivity contribution in [3.8, 4) is 0 Å². The van der Waals surface area contributed by atoms with Gasteiger partial charge in [0.1, 0.15) is 6.17 Å². The molecule has 1 aliphatic rings. The van der Waals surface area contributed by atoms with Gasteiger partial charge in [-0.25, -0.2) is 4.39 Å². The van der Waals surface area contributed by atoms with Crippen LogP contribution in [0.2, 0.25) is 0 Å². The molecule has 0 bridgehead atoms. The Labute approximate surface area is 80.3 Å². The lowest BCUT2D eigenvalue weighted by molar-refractivity contribution is 0.172. The summed E-state index contributed by atoms with van der Waals surface area (Å²) in [6, 6.07) is 0.222. The molecule has 13 heavy (non-hydrogen) atoms. The highest BCUT2D eigenvalue weighted by atomic mass is 19.1. The quantitative estimate of drug-likeness (QED) is 0.725. The molecular formula is C10H21FN2. The summed E-state index contributed by atoms with van der Waals surface area (Å²) in [4.78, 5) is 2.19. The molecule has 3 atom stereocenters. The maximum Gasteiger partial charge on any atom is 0.129 e. The topological polar surface area (TPSA) is 29.3 Å². The van der Waals surface area contributed by atoms with Crippen LogP contribution in [0.15, 0.2) is 0 Å². The van der Waals surface area contributed by atoms with Crippen LogP contribution in [-0.4, -0.2) is 36.2 Å². The lowest BCUT2D eigenvalue weighted by atomic mass is 10.0. The molecule has 1 heterocycles. The van der Waals surface area contributed by atoms with E-state index in [0.29, 0.717) is 18.5 Å². The van der Waals surface area contributed by atoms with Gasteiger partial charge in [-0.1, -0.05) is 20.8 Å². The molecule has 0 aromatic heterocycles. The highest BCUT2D eigenvalue weighted by molar-refractivity contribution is 4.90. The average Bonchev–Trinajstić information content (AvgIpc) is 2.32. The Hall–Kier alpha value is -0.150. The van der Waals surface area contributed by atoms with Gasteiger partial charge in [0.25, 0.3) is 0 Å². The molecule has 2 N–H and O–H groups in total. The van der Waals surface area contributed by atoms with E-state index in [1.807, 2.05) is 0 Å². The molecule has 1 saturated heterocycles. The summed E-state index contributed by atoms with van der Waals surface area (Å²) in [5.41, 5.74) is 5.64. The maximum absolute atomic E-state index is 13.2. The average molecular weight is 188 g/mol. The second-order valence-electron chi connectivity index (χ2n) is 4.35. The van der Waals surface area contributed by atoms with E-state index in [1.165, 1.54) is 0 Å². The van der Waals surface area contributed by atoms with Crippen molar-refractivity contribution in [2.24, 2.45) is 11.7 Å². The number of alkyl halides is 1. The molecule has 2 nitrogen and oxygen atoms in total. The molecule has 0 aromatic rings. The van der Waals surface area contributed by atoms with Crippen molar-refractivity contribution >= 4 is 0 Å². The molecule has 1 rings (SSSR count). The second-order valence-corrected chi connectivity index (χ2v) is 4.35. The minimum atomic E-state index is -0.826. The largest absolute Gasteiger partial charge is 0.324 e. The van der Waals surface area contributed by atoms with Crippen molar-refractivity contribution in [2.45, 2.75) is 45.4 Å². The summed E-state index contributed by atoms with van der Waals surface area (Å²) in [7, 11) is 0. The summed E-state index contributed by atoms with van der Waals surface area (Å²) < 4.78 is 13.2. The molecule has 0 radical (unpaired) electrons. The third-order valence-electron chi connectivity index (χ3n) is 2.98. The molecule has 1 aliphatic heterocycles. The first-order chi connectivity index (χ1) is 6.06. The molecule has 0 amide bonds. The minimum absolute atomic E-state index is 0.271. The summed E-state index contributed by atoms with van der Waals surface area (Å²) in [6.45, 7) is 7.77. The maximum atomic E-state index is 13.2. The molecule has 1 fully saturated rings. The van der Waals surface area contributed by atoms with Crippen molar-refractivity contribution < 1.29 is 4.39 Å². The Bertz CT molecular complexity index is 151. The Kier molecular flexibility index (Phi) is 3.68. The monoisotopic (exact) mass is 188 g/mol.